The van der Waals surface area contributed by atoms with Gasteiger partial charge in [0, 0.05) is 29.5 Å². The van der Waals surface area contributed by atoms with E-state index < -0.39 is 107 Å². The zero-order valence-electron chi connectivity index (χ0n) is 33.8. The lowest BCUT2D eigenvalue weighted by Gasteiger charge is -2.31. The molecular formula is C40H34Cl2F10N4O9. The van der Waals surface area contributed by atoms with Crippen molar-refractivity contribution in [3.8, 4) is 28.6 Å². The number of nitriles is 1. The van der Waals surface area contributed by atoms with Crippen LogP contribution in [0.25, 0.3) is 16.8 Å². The molecule has 25 heteroatoms. The van der Waals surface area contributed by atoms with E-state index >= 15 is 0 Å². The molecule has 2 fully saturated rings. The van der Waals surface area contributed by atoms with E-state index in [1.165, 1.54) is 12.1 Å². The van der Waals surface area contributed by atoms with Crippen LogP contribution in [0.1, 0.15) is 75.2 Å². The quantitative estimate of drug-likeness (QED) is 0.0559. The number of hydrogen-bond acceptors (Lipinski definition) is 11. The Morgan fingerprint density at radius 2 is 1.43 bits per heavy atom. The first kappa shape index (κ1) is 50.2. The molecule has 2 saturated carbocycles. The van der Waals surface area contributed by atoms with E-state index in [2.05, 4.69) is 9.84 Å². The number of alkyl halides is 10. The number of esters is 2. The Labute approximate surface area is 371 Å². The molecule has 3 aromatic rings. The van der Waals surface area contributed by atoms with Crippen molar-refractivity contribution in [2.75, 3.05) is 6.73 Å². The maximum Gasteiger partial charge on any atom is 0.573 e. The van der Waals surface area contributed by atoms with Crippen molar-refractivity contribution in [1.82, 2.24) is 14.7 Å². The van der Waals surface area contributed by atoms with Crippen LogP contribution in [0.5, 0.6) is 5.75 Å². The highest BCUT2D eigenvalue weighted by molar-refractivity contribution is 6.34. The van der Waals surface area contributed by atoms with Crippen molar-refractivity contribution in [2.24, 2.45) is 0 Å². The molecule has 0 radical (unpaired) electrons. The van der Waals surface area contributed by atoms with Crippen LogP contribution in [0.15, 0.2) is 54.9 Å². The topological polar surface area (TPSA) is 159 Å². The van der Waals surface area contributed by atoms with E-state index in [1.54, 1.807) is 20.8 Å². The molecule has 0 atom stereocenters. The Bertz CT molecular complexity index is 2360. The lowest BCUT2D eigenvalue weighted by atomic mass is 9.93. The second kappa shape index (κ2) is 18.6. The van der Waals surface area contributed by atoms with Crippen molar-refractivity contribution >= 4 is 47.2 Å². The number of amides is 1. The van der Waals surface area contributed by atoms with Crippen molar-refractivity contribution in [1.29, 1.82) is 5.26 Å². The third-order valence-electron chi connectivity index (χ3n) is 9.71. The van der Waals surface area contributed by atoms with Crippen LogP contribution >= 0.6 is 23.2 Å². The molecule has 0 unspecified atom stereocenters. The summed E-state index contributed by atoms with van der Waals surface area (Å²) in [5.74, 6) is -4.25. The summed E-state index contributed by atoms with van der Waals surface area (Å²) in [6, 6.07) is 4.97. The van der Waals surface area contributed by atoms with Gasteiger partial charge in [-0.3, -0.25) is 9.69 Å². The van der Waals surface area contributed by atoms with Gasteiger partial charge in [0.05, 0.1) is 27.9 Å². The van der Waals surface area contributed by atoms with E-state index in [-0.39, 0.29) is 66.3 Å². The number of carbonyl (C=O) groups excluding carboxylic acids is 4. The second-order valence-corrected chi connectivity index (χ2v) is 16.4. The molecule has 2 aliphatic rings. The normalized spacial score (nSPS) is 17.8. The van der Waals surface area contributed by atoms with Crippen molar-refractivity contribution in [3.05, 3.63) is 76.0 Å². The van der Waals surface area contributed by atoms with Crippen LogP contribution in [0.2, 0.25) is 10.0 Å². The van der Waals surface area contributed by atoms with Gasteiger partial charge in [0.25, 0.3) is 5.91 Å². The minimum absolute atomic E-state index is 0.0365. The maximum atomic E-state index is 14.9. The summed E-state index contributed by atoms with van der Waals surface area (Å²) in [6.07, 6.45) is -16.5. The van der Waals surface area contributed by atoms with Crippen LogP contribution < -0.4 is 4.74 Å². The highest BCUT2D eigenvalue weighted by atomic mass is 35.5. The molecule has 65 heavy (non-hydrogen) atoms. The van der Waals surface area contributed by atoms with Crippen LogP contribution in [-0.2, 0) is 34.2 Å². The van der Waals surface area contributed by atoms with Gasteiger partial charge in [-0.05, 0) is 89.1 Å². The van der Waals surface area contributed by atoms with Gasteiger partial charge in [-0.15, -0.1) is 13.2 Å². The smallest absolute Gasteiger partial charge is 0.459 e. The van der Waals surface area contributed by atoms with Crippen molar-refractivity contribution in [3.63, 3.8) is 0 Å². The fraction of sp³-hybridized carbons (Fsp3) is 0.450. The molecule has 1 heterocycles. The monoisotopic (exact) mass is 974 g/mol. The molecule has 0 spiro atoms. The van der Waals surface area contributed by atoms with Gasteiger partial charge in [-0.2, -0.15) is 36.7 Å². The largest absolute Gasteiger partial charge is 0.573 e. The van der Waals surface area contributed by atoms with Gasteiger partial charge in [0.2, 0.25) is 0 Å². The zero-order valence-corrected chi connectivity index (χ0v) is 35.3. The van der Waals surface area contributed by atoms with Gasteiger partial charge >= 0.3 is 42.5 Å². The number of hydrogen-bond donors (Lipinski definition) is 0. The Kier molecular flexibility index (Phi) is 14.4. The Balaban J connectivity index is 1.30. The first-order valence-corrected chi connectivity index (χ1v) is 19.7. The Morgan fingerprint density at radius 3 is 1.97 bits per heavy atom. The highest BCUT2D eigenvalue weighted by Crippen LogP contribution is 2.55. The number of halogens is 12. The molecule has 1 aromatic heterocycles. The summed E-state index contributed by atoms with van der Waals surface area (Å²) in [4.78, 5) is 51.7. The molecule has 352 valence electrons. The van der Waals surface area contributed by atoms with E-state index in [9.17, 15) is 68.3 Å². The first-order chi connectivity index (χ1) is 30.0. The minimum atomic E-state index is -6.71. The van der Waals surface area contributed by atoms with Gasteiger partial charge < -0.3 is 23.7 Å². The Hall–Kier alpha value is -5.76. The molecule has 2 aliphatic carbocycles. The number of rotatable bonds is 12. The standard InChI is InChI=1S/C40H34Cl2F10N4O9/c1-35(2,3)65-31(58)11-10-30(57)62-24-5-7-25(8-6-24)63-34(60)61-20-55(36(19-53)12-13-36)33(59)26-14-21(4-9-27(26)41)22-17-54-56(18-22)32-28(42)15-23(16-29(32)64-40(50,51)52)37(43,38(44,45)46)39(47,48)49/h4,9-11,14-18,24-25H,5-8,12-13,20H2,1-3H3/b11-10+/t24-,25+. The summed E-state index contributed by atoms with van der Waals surface area (Å²) in [5, 5.41) is 12.3. The summed E-state index contributed by atoms with van der Waals surface area (Å²) in [7, 11) is 0. The predicted octanol–water partition coefficient (Wildman–Crippen LogP) is 10.4. The third kappa shape index (κ3) is 11.9. The second-order valence-electron chi connectivity index (χ2n) is 15.6. The molecule has 1 amide bonds. The van der Waals surface area contributed by atoms with E-state index in [0.29, 0.717) is 4.68 Å². The summed E-state index contributed by atoms with van der Waals surface area (Å²) in [6.45, 7) is 4.16. The van der Waals surface area contributed by atoms with Crippen LogP contribution in [0, 0.1) is 11.3 Å². The fourth-order valence-corrected chi connectivity index (χ4v) is 6.96. The molecule has 0 N–H and O–H groups in total. The number of carbonyl (C=O) groups is 4. The van der Waals surface area contributed by atoms with Gasteiger partial charge in [0.1, 0.15) is 29.0 Å². The molecule has 13 nitrogen and oxygen atoms in total. The van der Waals surface area contributed by atoms with Crippen LogP contribution in [0.4, 0.5) is 48.7 Å². The van der Waals surface area contributed by atoms with Gasteiger partial charge in [0.15, 0.2) is 12.5 Å². The van der Waals surface area contributed by atoms with Crippen molar-refractivity contribution < 1.29 is 86.8 Å². The summed E-state index contributed by atoms with van der Waals surface area (Å²) in [5.41, 5.74) is -12.1. The van der Waals surface area contributed by atoms with Crippen molar-refractivity contribution in [2.45, 2.75) is 107 Å². The SMILES string of the molecule is CC(C)(C)OC(=O)/C=C/C(=O)O[C@H]1CC[C@@H](OC(=O)OCN(C(=O)c2cc(-c3cnn(-c4c(Cl)cc(C(F)(C(F)(F)F)C(F)(F)F)cc4OC(F)(F)F)c3)ccc2Cl)C2(C#N)CC2)CC1. The number of nitrogens with zero attached hydrogens (tertiary/aromatic N) is 4. The van der Waals surface area contributed by atoms with Crippen LogP contribution in [0.3, 0.4) is 0 Å². The molecule has 0 saturated heterocycles. The summed E-state index contributed by atoms with van der Waals surface area (Å²) >= 11 is 12.3. The Morgan fingerprint density at radius 1 is 0.846 bits per heavy atom. The number of ether oxygens (including phenoxy) is 5. The molecular weight excluding hydrogens is 941 g/mol. The van der Waals surface area contributed by atoms with E-state index in [1.807, 2.05) is 6.07 Å². The lowest BCUT2D eigenvalue weighted by molar-refractivity contribution is -0.348. The van der Waals surface area contributed by atoms with E-state index in [0.717, 1.165) is 35.5 Å². The van der Waals surface area contributed by atoms with Gasteiger partial charge in [-0.25, -0.2) is 23.5 Å². The third-order valence-corrected chi connectivity index (χ3v) is 10.3. The van der Waals surface area contributed by atoms with E-state index in [4.69, 9.17) is 42.1 Å². The maximum absolute atomic E-state index is 14.9. The number of benzene rings is 2. The van der Waals surface area contributed by atoms with Gasteiger partial charge in [-0.1, -0.05) is 29.3 Å². The predicted molar refractivity (Wildman–Crippen MR) is 204 cm³/mol. The fourth-order valence-electron chi connectivity index (χ4n) is 6.46. The van der Waals surface area contributed by atoms with Crippen LogP contribution in [-0.4, -0.2) is 87.5 Å². The zero-order chi connectivity index (χ0) is 48.5. The highest BCUT2D eigenvalue weighted by Gasteiger charge is 2.73. The minimum Gasteiger partial charge on any atom is -0.459 e. The average molecular weight is 976 g/mol. The number of aromatic nitrogens is 2. The molecule has 0 bridgehead atoms. The summed E-state index contributed by atoms with van der Waals surface area (Å²) < 4.78 is 161. The molecule has 0 aliphatic heterocycles. The lowest BCUT2D eigenvalue weighted by Crippen LogP contribution is -2.50. The molecule has 5 rings (SSSR count). The molecule has 2 aromatic carbocycles. The first-order valence-electron chi connectivity index (χ1n) is 18.9. The average Bonchev–Trinajstić information content (AvgIpc) is 3.82.